The topological polar surface area (TPSA) is 85.0 Å². The van der Waals surface area contributed by atoms with Crippen molar-refractivity contribution in [3.63, 3.8) is 0 Å². The molecular weight excluding hydrogens is 248 g/mol. The van der Waals surface area contributed by atoms with Crippen molar-refractivity contribution in [1.82, 2.24) is 4.90 Å². The average Bonchev–Trinajstić information content (AvgIpc) is 2.35. The minimum Gasteiger partial charge on any atom is -0.389 e. The first-order valence-corrected chi connectivity index (χ1v) is 6.76. The molecule has 6 nitrogen and oxygen atoms in total. The van der Waals surface area contributed by atoms with Gasteiger partial charge in [-0.2, -0.15) is 0 Å². The van der Waals surface area contributed by atoms with Crippen molar-refractivity contribution >= 4 is 5.91 Å². The van der Waals surface area contributed by atoms with Gasteiger partial charge >= 0.3 is 0 Å². The summed E-state index contributed by atoms with van der Waals surface area (Å²) in [4.78, 5) is 13.1. The molecule has 0 heterocycles. The van der Waals surface area contributed by atoms with Crippen molar-refractivity contribution < 1.29 is 19.4 Å². The van der Waals surface area contributed by atoms with Crippen LogP contribution in [0.25, 0.3) is 0 Å². The highest BCUT2D eigenvalue weighted by atomic mass is 16.5. The van der Waals surface area contributed by atoms with Crippen LogP contribution in [-0.4, -0.2) is 67.6 Å². The summed E-state index contributed by atoms with van der Waals surface area (Å²) in [6.07, 6.45) is 0.0485. The Labute approximate surface area is 115 Å². The lowest BCUT2D eigenvalue weighted by Crippen LogP contribution is -2.45. The van der Waals surface area contributed by atoms with E-state index in [1.165, 1.54) is 4.90 Å². The van der Waals surface area contributed by atoms with Crippen molar-refractivity contribution in [2.75, 3.05) is 33.4 Å². The molecule has 0 rings (SSSR count). The Morgan fingerprint density at radius 2 is 2.00 bits per heavy atom. The summed E-state index contributed by atoms with van der Waals surface area (Å²) >= 11 is 0. The van der Waals surface area contributed by atoms with Crippen molar-refractivity contribution in [2.24, 2.45) is 5.73 Å². The molecule has 1 unspecified atom stereocenters. The number of nitrogens with two attached hydrogens (primary N) is 1. The van der Waals surface area contributed by atoms with Gasteiger partial charge in [0, 0.05) is 13.6 Å². The molecule has 114 valence electrons. The molecule has 0 bridgehead atoms. The third-order valence-electron chi connectivity index (χ3n) is 2.61. The van der Waals surface area contributed by atoms with Gasteiger partial charge in [-0.1, -0.05) is 6.92 Å². The molecule has 2 atom stereocenters. The van der Waals surface area contributed by atoms with Crippen molar-refractivity contribution in [2.45, 2.75) is 45.4 Å². The van der Waals surface area contributed by atoms with Gasteiger partial charge in [0.2, 0.25) is 5.91 Å². The molecule has 1 amide bonds. The number of nitrogens with zero attached hydrogens (tertiary/aromatic N) is 1. The zero-order valence-electron chi connectivity index (χ0n) is 12.5. The van der Waals surface area contributed by atoms with Crippen LogP contribution in [0.3, 0.4) is 0 Å². The van der Waals surface area contributed by atoms with E-state index in [0.717, 1.165) is 0 Å². The fourth-order valence-electron chi connectivity index (χ4n) is 1.48. The number of hydrogen-bond donors (Lipinski definition) is 2. The number of hydrogen-bond acceptors (Lipinski definition) is 5. The fraction of sp³-hybridized carbons (Fsp3) is 0.923. The Hall–Kier alpha value is -0.690. The third kappa shape index (κ3) is 8.93. The van der Waals surface area contributed by atoms with Gasteiger partial charge in [0.05, 0.1) is 38.1 Å². The summed E-state index contributed by atoms with van der Waals surface area (Å²) in [6, 6.07) is -0.502. The van der Waals surface area contributed by atoms with Crippen LogP contribution in [-0.2, 0) is 14.3 Å². The predicted octanol–water partition coefficient (Wildman–Crippen LogP) is -0.0154. The smallest absolute Gasteiger partial charge is 0.239 e. The molecule has 0 fully saturated rings. The first-order chi connectivity index (χ1) is 8.88. The van der Waals surface area contributed by atoms with Crippen LogP contribution in [0.2, 0.25) is 0 Å². The molecule has 3 N–H and O–H groups in total. The fourth-order valence-corrected chi connectivity index (χ4v) is 1.48. The number of carbonyl (C=O) groups excluding carboxylic acids is 1. The van der Waals surface area contributed by atoms with E-state index in [1.807, 2.05) is 20.8 Å². The standard InChI is InChI=1S/C13H28N2O4/c1-5-12(14)13(17)15(4)8-11(16)9-18-6-7-19-10(2)3/h10-12,16H,5-9,14H2,1-4H3/t11?,12-/m0/s1. The number of likely N-dealkylation sites (N-methyl/N-ethyl adjacent to an activating group) is 1. The summed E-state index contributed by atoms with van der Waals surface area (Å²) in [6.45, 7) is 7.09. The Bertz CT molecular complexity index is 249. The highest BCUT2D eigenvalue weighted by molar-refractivity contribution is 5.81. The molecule has 19 heavy (non-hydrogen) atoms. The second kappa shape index (κ2) is 10.1. The van der Waals surface area contributed by atoms with E-state index in [-0.39, 0.29) is 25.2 Å². The SMILES string of the molecule is CC[C@H](N)C(=O)N(C)CC(O)COCCOC(C)C. The van der Waals surface area contributed by atoms with Gasteiger partial charge in [-0.05, 0) is 20.3 Å². The number of ether oxygens (including phenoxy) is 2. The highest BCUT2D eigenvalue weighted by Gasteiger charge is 2.18. The first-order valence-electron chi connectivity index (χ1n) is 6.76. The minimum absolute atomic E-state index is 0.162. The molecule has 0 spiro atoms. The van der Waals surface area contributed by atoms with E-state index in [2.05, 4.69) is 0 Å². The quantitative estimate of drug-likeness (QED) is 0.548. The molecule has 0 aliphatic heterocycles. The van der Waals surface area contributed by atoms with Crippen LogP contribution in [0.15, 0.2) is 0 Å². The van der Waals surface area contributed by atoms with E-state index in [4.69, 9.17) is 15.2 Å². The van der Waals surface area contributed by atoms with Crippen molar-refractivity contribution in [3.05, 3.63) is 0 Å². The minimum atomic E-state index is -0.711. The van der Waals surface area contributed by atoms with E-state index in [0.29, 0.717) is 19.6 Å². The molecule has 0 radical (unpaired) electrons. The number of amides is 1. The largest absolute Gasteiger partial charge is 0.389 e. The van der Waals surface area contributed by atoms with Gasteiger partial charge in [-0.3, -0.25) is 4.79 Å². The Morgan fingerprint density at radius 3 is 2.53 bits per heavy atom. The Morgan fingerprint density at radius 1 is 1.37 bits per heavy atom. The van der Waals surface area contributed by atoms with Crippen molar-refractivity contribution in [3.8, 4) is 0 Å². The maximum Gasteiger partial charge on any atom is 0.239 e. The van der Waals surface area contributed by atoms with E-state index in [9.17, 15) is 9.90 Å². The molecular formula is C13H28N2O4. The summed E-state index contributed by atoms with van der Waals surface area (Å²) in [5.74, 6) is -0.162. The van der Waals surface area contributed by atoms with Crippen LogP contribution in [0.4, 0.5) is 0 Å². The van der Waals surface area contributed by atoms with E-state index >= 15 is 0 Å². The monoisotopic (exact) mass is 276 g/mol. The van der Waals surface area contributed by atoms with Crippen LogP contribution in [0, 0.1) is 0 Å². The molecule has 0 aromatic heterocycles. The van der Waals surface area contributed by atoms with Crippen molar-refractivity contribution in [1.29, 1.82) is 0 Å². The number of rotatable bonds is 10. The summed E-state index contributed by atoms with van der Waals surface area (Å²) in [7, 11) is 1.63. The molecule has 0 aliphatic carbocycles. The molecule has 0 saturated heterocycles. The van der Waals surface area contributed by atoms with E-state index < -0.39 is 12.1 Å². The molecule has 6 heteroatoms. The normalized spacial score (nSPS) is 14.5. The zero-order chi connectivity index (χ0) is 14.8. The third-order valence-corrected chi connectivity index (χ3v) is 2.61. The van der Waals surface area contributed by atoms with Crippen LogP contribution in [0.1, 0.15) is 27.2 Å². The van der Waals surface area contributed by atoms with Gasteiger partial charge in [0.25, 0.3) is 0 Å². The number of aliphatic hydroxyl groups excluding tert-OH is 1. The molecule has 0 aliphatic rings. The van der Waals surface area contributed by atoms with Gasteiger partial charge in [-0.15, -0.1) is 0 Å². The summed E-state index contributed by atoms with van der Waals surface area (Å²) < 4.78 is 10.6. The van der Waals surface area contributed by atoms with Gasteiger partial charge in [0.15, 0.2) is 0 Å². The number of aliphatic hydroxyl groups is 1. The summed E-state index contributed by atoms with van der Waals surface area (Å²) in [5, 5.41) is 9.73. The maximum absolute atomic E-state index is 11.7. The Balaban J connectivity index is 3.73. The Kier molecular flexibility index (Phi) is 9.77. The van der Waals surface area contributed by atoms with Gasteiger partial charge in [-0.25, -0.2) is 0 Å². The molecule has 0 aromatic rings. The zero-order valence-corrected chi connectivity index (χ0v) is 12.5. The summed E-state index contributed by atoms with van der Waals surface area (Å²) in [5.41, 5.74) is 5.64. The highest BCUT2D eigenvalue weighted by Crippen LogP contribution is 1.97. The van der Waals surface area contributed by atoms with E-state index in [1.54, 1.807) is 7.05 Å². The van der Waals surface area contributed by atoms with Gasteiger partial charge in [0.1, 0.15) is 0 Å². The second-order valence-corrected chi connectivity index (χ2v) is 4.88. The van der Waals surface area contributed by atoms with Crippen LogP contribution >= 0.6 is 0 Å². The number of carbonyl (C=O) groups is 1. The maximum atomic E-state index is 11.7. The molecule has 0 saturated carbocycles. The predicted molar refractivity (Wildman–Crippen MR) is 73.8 cm³/mol. The first kappa shape index (κ1) is 18.3. The second-order valence-electron chi connectivity index (χ2n) is 4.88. The van der Waals surface area contributed by atoms with Crippen LogP contribution in [0.5, 0.6) is 0 Å². The lowest BCUT2D eigenvalue weighted by atomic mass is 10.2. The van der Waals surface area contributed by atoms with Crippen LogP contribution < -0.4 is 5.73 Å². The lowest BCUT2D eigenvalue weighted by molar-refractivity contribution is -0.133. The van der Waals surface area contributed by atoms with Gasteiger partial charge < -0.3 is 25.2 Å². The molecule has 0 aromatic carbocycles. The lowest BCUT2D eigenvalue weighted by Gasteiger charge is -2.23. The average molecular weight is 276 g/mol.